The summed E-state index contributed by atoms with van der Waals surface area (Å²) in [6.07, 6.45) is 4.23. The molecule has 2 aromatic rings. The van der Waals surface area contributed by atoms with Crippen LogP contribution in [0.15, 0.2) is 22.8 Å². The maximum absolute atomic E-state index is 5.59. The van der Waals surface area contributed by atoms with Crippen molar-refractivity contribution in [3.05, 3.63) is 29.2 Å². The van der Waals surface area contributed by atoms with Crippen molar-refractivity contribution < 1.29 is 4.42 Å². The summed E-state index contributed by atoms with van der Waals surface area (Å²) in [6, 6.07) is 4.58. The molecule has 0 saturated heterocycles. The molecular formula is C11H14N4OS. The lowest BCUT2D eigenvalue weighted by Gasteiger charge is -2.18. The lowest BCUT2D eigenvalue weighted by atomic mass is 10.4. The molecule has 0 spiro atoms. The van der Waals surface area contributed by atoms with E-state index in [0.29, 0.717) is 11.2 Å². The molecule has 2 aromatic heterocycles. The number of hydrogen-bond donors (Lipinski definition) is 1. The van der Waals surface area contributed by atoms with Crippen LogP contribution in [0.2, 0.25) is 0 Å². The van der Waals surface area contributed by atoms with Crippen molar-refractivity contribution in [3.63, 3.8) is 0 Å². The van der Waals surface area contributed by atoms with Crippen LogP contribution in [-0.2, 0) is 13.1 Å². The van der Waals surface area contributed by atoms with Gasteiger partial charge in [-0.05, 0) is 25.0 Å². The van der Waals surface area contributed by atoms with Gasteiger partial charge in [-0.25, -0.2) is 0 Å². The summed E-state index contributed by atoms with van der Waals surface area (Å²) in [4.78, 5) is 2.37. The van der Waals surface area contributed by atoms with Gasteiger partial charge in [-0.15, -0.1) is 10.2 Å². The molecule has 17 heavy (non-hydrogen) atoms. The molecule has 1 saturated carbocycles. The van der Waals surface area contributed by atoms with Crippen LogP contribution in [0.1, 0.15) is 23.6 Å². The molecule has 0 radical (unpaired) electrons. The summed E-state index contributed by atoms with van der Waals surface area (Å²) in [5, 5.41) is 9.42. The second-order valence-corrected chi connectivity index (χ2v) is 5.34. The predicted molar refractivity (Wildman–Crippen MR) is 65.3 cm³/mol. The van der Waals surface area contributed by atoms with Crippen molar-refractivity contribution in [2.45, 2.75) is 32.0 Å². The number of nitrogens with two attached hydrogens (primary N) is 1. The van der Waals surface area contributed by atoms with Crippen LogP contribution >= 0.6 is 11.3 Å². The summed E-state index contributed by atoms with van der Waals surface area (Å²) < 4.78 is 5.39. The zero-order chi connectivity index (χ0) is 11.7. The quantitative estimate of drug-likeness (QED) is 0.877. The van der Waals surface area contributed by atoms with E-state index in [1.165, 1.54) is 24.2 Å². The van der Waals surface area contributed by atoms with E-state index >= 15 is 0 Å². The Morgan fingerprint density at radius 1 is 1.41 bits per heavy atom. The Labute approximate surface area is 103 Å². The van der Waals surface area contributed by atoms with Crippen LogP contribution in [0, 0.1) is 0 Å². The van der Waals surface area contributed by atoms with Gasteiger partial charge in [-0.3, -0.25) is 4.90 Å². The van der Waals surface area contributed by atoms with Crippen molar-refractivity contribution in [2.24, 2.45) is 0 Å². The van der Waals surface area contributed by atoms with Crippen LogP contribution in [0.5, 0.6) is 0 Å². The number of nitrogens with zero attached hydrogens (tertiary/aromatic N) is 3. The number of aromatic nitrogens is 2. The fraction of sp³-hybridized carbons (Fsp3) is 0.455. The molecule has 0 atom stereocenters. The lowest BCUT2D eigenvalue weighted by molar-refractivity contribution is 0.224. The molecule has 2 N–H and O–H groups in total. The van der Waals surface area contributed by atoms with Crippen molar-refractivity contribution in [2.75, 3.05) is 5.73 Å². The summed E-state index contributed by atoms with van der Waals surface area (Å²) in [5.74, 6) is 0.995. The molecule has 0 aliphatic heterocycles. The smallest absolute Gasteiger partial charge is 0.203 e. The van der Waals surface area contributed by atoms with Gasteiger partial charge in [-0.1, -0.05) is 11.3 Å². The van der Waals surface area contributed by atoms with Crippen molar-refractivity contribution in [1.29, 1.82) is 0 Å². The Bertz CT molecular complexity index is 477. The largest absolute Gasteiger partial charge is 0.468 e. The lowest BCUT2D eigenvalue weighted by Crippen LogP contribution is -2.24. The maximum Gasteiger partial charge on any atom is 0.203 e. The topological polar surface area (TPSA) is 68.2 Å². The molecule has 0 amide bonds. The average molecular weight is 250 g/mol. The first kappa shape index (κ1) is 10.7. The van der Waals surface area contributed by atoms with Gasteiger partial charge in [0.05, 0.1) is 19.4 Å². The van der Waals surface area contributed by atoms with E-state index in [1.807, 2.05) is 12.1 Å². The second-order valence-electron chi connectivity index (χ2n) is 4.25. The molecule has 1 fully saturated rings. The molecular weight excluding hydrogens is 236 g/mol. The Morgan fingerprint density at radius 3 is 2.88 bits per heavy atom. The van der Waals surface area contributed by atoms with E-state index in [2.05, 4.69) is 15.1 Å². The third kappa shape index (κ3) is 2.65. The van der Waals surface area contributed by atoms with Crippen molar-refractivity contribution >= 4 is 16.5 Å². The van der Waals surface area contributed by atoms with Crippen LogP contribution in [0.25, 0.3) is 0 Å². The van der Waals surface area contributed by atoms with E-state index in [-0.39, 0.29) is 0 Å². The molecule has 1 aliphatic carbocycles. The Morgan fingerprint density at radius 2 is 2.29 bits per heavy atom. The zero-order valence-corrected chi connectivity index (χ0v) is 10.2. The first-order valence-electron chi connectivity index (χ1n) is 5.65. The van der Waals surface area contributed by atoms with E-state index in [4.69, 9.17) is 10.2 Å². The maximum atomic E-state index is 5.59. The summed E-state index contributed by atoms with van der Waals surface area (Å²) in [5.41, 5.74) is 5.59. The van der Waals surface area contributed by atoms with Crippen LogP contribution < -0.4 is 5.73 Å². The standard InChI is InChI=1S/C11H14N4OS/c12-11-14-13-10(17-11)7-15(8-3-4-8)6-9-2-1-5-16-9/h1-2,5,8H,3-4,6-7H2,(H2,12,14). The number of hydrogen-bond acceptors (Lipinski definition) is 6. The van der Waals surface area contributed by atoms with Crippen LogP contribution in [-0.4, -0.2) is 21.1 Å². The number of rotatable bonds is 5. The number of furan rings is 1. The number of nitrogen functional groups attached to an aromatic ring is 1. The van der Waals surface area contributed by atoms with Crippen LogP contribution in [0.3, 0.4) is 0 Å². The summed E-state index contributed by atoms with van der Waals surface area (Å²) in [7, 11) is 0. The van der Waals surface area contributed by atoms with Gasteiger partial charge in [0.1, 0.15) is 10.8 Å². The highest BCUT2D eigenvalue weighted by Crippen LogP contribution is 2.30. The van der Waals surface area contributed by atoms with E-state index < -0.39 is 0 Å². The predicted octanol–water partition coefficient (Wildman–Crippen LogP) is 1.88. The van der Waals surface area contributed by atoms with E-state index in [1.54, 1.807) is 6.26 Å². The second kappa shape index (κ2) is 4.46. The molecule has 3 rings (SSSR count). The van der Waals surface area contributed by atoms with Gasteiger partial charge in [0.2, 0.25) is 5.13 Å². The number of anilines is 1. The first-order chi connectivity index (χ1) is 8.31. The zero-order valence-electron chi connectivity index (χ0n) is 9.37. The van der Waals surface area contributed by atoms with Crippen LogP contribution in [0.4, 0.5) is 5.13 Å². The Balaban J connectivity index is 1.68. The third-order valence-corrected chi connectivity index (χ3v) is 3.56. The molecule has 1 aliphatic rings. The van der Waals surface area contributed by atoms with Gasteiger partial charge in [0, 0.05) is 6.04 Å². The Kier molecular flexibility index (Phi) is 2.82. The van der Waals surface area contributed by atoms with E-state index in [9.17, 15) is 0 Å². The third-order valence-electron chi connectivity index (χ3n) is 2.82. The minimum atomic E-state index is 0.536. The normalized spacial score (nSPS) is 15.6. The molecule has 6 heteroatoms. The van der Waals surface area contributed by atoms with Gasteiger partial charge < -0.3 is 10.2 Å². The molecule has 90 valence electrons. The minimum Gasteiger partial charge on any atom is -0.468 e. The van der Waals surface area contributed by atoms with Gasteiger partial charge in [-0.2, -0.15) is 0 Å². The SMILES string of the molecule is Nc1nnc(CN(Cc2ccco2)C2CC2)s1. The van der Waals surface area contributed by atoms with Gasteiger partial charge >= 0.3 is 0 Å². The molecule has 5 nitrogen and oxygen atoms in total. The highest BCUT2D eigenvalue weighted by atomic mass is 32.1. The Hall–Kier alpha value is -1.40. The highest BCUT2D eigenvalue weighted by Gasteiger charge is 2.30. The van der Waals surface area contributed by atoms with Crippen molar-refractivity contribution in [1.82, 2.24) is 15.1 Å². The molecule has 0 unspecified atom stereocenters. The summed E-state index contributed by atoms with van der Waals surface area (Å²) >= 11 is 1.46. The average Bonchev–Trinajstić information content (AvgIpc) is 2.89. The highest BCUT2D eigenvalue weighted by molar-refractivity contribution is 7.15. The first-order valence-corrected chi connectivity index (χ1v) is 6.47. The molecule has 0 aromatic carbocycles. The fourth-order valence-electron chi connectivity index (χ4n) is 1.86. The molecule has 0 bridgehead atoms. The molecule has 2 heterocycles. The fourth-order valence-corrected chi connectivity index (χ4v) is 2.50. The van der Waals surface area contributed by atoms with E-state index in [0.717, 1.165) is 23.9 Å². The van der Waals surface area contributed by atoms with Gasteiger partial charge in [0.15, 0.2) is 0 Å². The summed E-state index contributed by atoms with van der Waals surface area (Å²) in [6.45, 7) is 1.64. The minimum absolute atomic E-state index is 0.536. The monoisotopic (exact) mass is 250 g/mol. The van der Waals surface area contributed by atoms with Crippen molar-refractivity contribution in [3.8, 4) is 0 Å². The van der Waals surface area contributed by atoms with Gasteiger partial charge in [0.25, 0.3) is 0 Å².